The van der Waals surface area contributed by atoms with E-state index >= 15 is 0 Å². The molecule has 2 bridgehead atoms. The van der Waals surface area contributed by atoms with E-state index in [1.165, 1.54) is 0 Å². The molecule has 3 N–H and O–H groups in total. The van der Waals surface area contributed by atoms with Gasteiger partial charge in [0.25, 0.3) is 0 Å². The number of ether oxygens (including phenoxy) is 1. The van der Waals surface area contributed by atoms with Gasteiger partial charge in [0.2, 0.25) is 17.7 Å². The minimum absolute atomic E-state index is 0.00255. The van der Waals surface area contributed by atoms with E-state index in [4.69, 9.17) is 4.74 Å². The molecule has 34 heavy (non-hydrogen) atoms. The fourth-order valence-electron chi connectivity index (χ4n) is 6.71. The van der Waals surface area contributed by atoms with Gasteiger partial charge in [-0.15, -0.1) is 0 Å². The van der Waals surface area contributed by atoms with Gasteiger partial charge in [0, 0.05) is 12.6 Å². The van der Waals surface area contributed by atoms with Crippen LogP contribution in [0.2, 0.25) is 0 Å². The molecule has 0 aromatic rings. The zero-order valence-corrected chi connectivity index (χ0v) is 21.9. The van der Waals surface area contributed by atoms with Crippen molar-refractivity contribution in [1.29, 1.82) is 0 Å². The fourth-order valence-corrected chi connectivity index (χ4v) is 6.71. The van der Waals surface area contributed by atoms with Gasteiger partial charge in [0.05, 0.1) is 30.1 Å². The Bertz CT molecular complexity index is 776. The summed E-state index contributed by atoms with van der Waals surface area (Å²) in [6, 6.07) is -1.40. The number of fused-ring (bicyclic) bond motifs is 1. The number of nitrogens with zero attached hydrogens (tertiary/aromatic N) is 1. The van der Waals surface area contributed by atoms with Crippen molar-refractivity contribution in [2.75, 3.05) is 13.2 Å². The van der Waals surface area contributed by atoms with Crippen LogP contribution in [-0.2, 0) is 19.1 Å². The van der Waals surface area contributed by atoms with Crippen LogP contribution in [-0.4, -0.2) is 70.2 Å². The molecule has 3 aliphatic rings. The van der Waals surface area contributed by atoms with Crippen LogP contribution in [0.4, 0.5) is 0 Å². The molecule has 3 rings (SSSR count). The predicted molar refractivity (Wildman–Crippen MR) is 130 cm³/mol. The first kappa shape index (κ1) is 26.9. The highest BCUT2D eigenvalue weighted by Gasteiger charge is 2.79. The first-order valence-electron chi connectivity index (χ1n) is 13.4. The maximum Gasteiger partial charge on any atom is 0.246 e. The van der Waals surface area contributed by atoms with Crippen LogP contribution >= 0.6 is 0 Å². The first-order chi connectivity index (χ1) is 16.2. The number of carbonyl (C=O) groups excluding carboxylic acids is 3. The molecule has 3 aliphatic heterocycles. The maximum atomic E-state index is 14.1. The molecule has 3 amide bonds. The Labute approximate surface area is 204 Å². The zero-order chi connectivity index (χ0) is 25.3. The minimum Gasteiger partial charge on any atom is -0.394 e. The summed E-state index contributed by atoms with van der Waals surface area (Å²) in [5.41, 5.74) is -1.78. The Morgan fingerprint density at radius 2 is 1.85 bits per heavy atom. The highest BCUT2D eigenvalue weighted by molar-refractivity contribution is 5.99. The van der Waals surface area contributed by atoms with E-state index in [1.807, 2.05) is 34.6 Å². The average Bonchev–Trinajstić information content (AvgIpc) is 3.42. The Morgan fingerprint density at radius 3 is 2.41 bits per heavy atom. The van der Waals surface area contributed by atoms with Gasteiger partial charge < -0.3 is 25.4 Å². The van der Waals surface area contributed by atoms with Gasteiger partial charge in [-0.25, -0.2) is 0 Å². The van der Waals surface area contributed by atoms with Crippen molar-refractivity contribution in [2.24, 2.45) is 17.8 Å². The molecule has 3 fully saturated rings. The summed E-state index contributed by atoms with van der Waals surface area (Å²) in [4.78, 5) is 43.0. The lowest BCUT2D eigenvalue weighted by Crippen LogP contribution is -2.60. The van der Waals surface area contributed by atoms with E-state index in [-0.39, 0.29) is 36.3 Å². The van der Waals surface area contributed by atoms with Crippen LogP contribution in [0.3, 0.4) is 0 Å². The van der Waals surface area contributed by atoms with Crippen molar-refractivity contribution >= 4 is 17.7 Å². The minimum atomic E-state index is -1.04. The van der Waals surface area contributed by atoms with Crippen LogP contribution in [0.1, 0.15) is 86.5 Å². The number of amides is 3. The second-order valence-corrected chi connectivity index (χ2v) is 10.7. The normalized spacial score (nSPS) is 34.6. The first-order valence-corrected chi connectivity index (χ1v) is 13.4. The molecule has 0 aromatic heterocycles. The summed E-state index contributed by atoms with van der Waals surface area (Å²) >= 11 is 0. The molecular weight excluding hydrogens is 434 g/mol. The summed E-state index contributed by atoms with van der Waals surface area (Å²) in [5.74, 6) is -1.97. The topological polar surface area (TPSA) is 108 Å². The van der Waals surface area contributed by atoms with Gasteiger partial charge >= 0.3 is 0 Å². The van der Waals surface area contributed by atoms with Gasteiger partial charge in [-0.3, -0.25) is 14.4 Å². The summed E-state index contributed by atoms with van der Waals surface area (Å²) < 4.78 is 6.75. The second kappa shape index (κ2) is 10.5. The van der Waals surface area contributed by atoms with Gasteiger partial charge in [-0.2, -0.15) is 0 Å². The van der Waals surface area contributed by atoms with Crippen LogP contribution in [0.15, 0.2) is 0 Å². The zero-order valence-electron chi connectivity index (χ0n) is 21.9. The lowest BCUT2D eigenvalue weighted by Gasteiger charge is -2.39. The van der Waals surface area contributed by atoms with Crippen molar-refractivity contribution < 1.29 is 24.2 Å². The van der Waals surface area contributed by atoms with Gasteiger partial charge in [0.15, 0.2) is 0 Å². The van der Waals surface area contributed by atoms with E-state index in [9.17, 15) is 19.5 Å². The van der Waals surface area contributed by atoms with Crippen molar-refractivity contribution in [3.05, 3.63) is 0 Å². The van der Waals surface area contributed by atoms with Crippen molar-refractivity contribution in [1.82, 2.24) is 15.5 Å². The molecule has 0 aromatic carbocycles. The molecule has 0 radical (unpaired) electrons. The van der Waals surface area contributed by atoms with Crippen LogP contribution < -0.4 is 10.6 Å². The summed E-state index contributed by atoms with van der Waals surface area (Å²) in [6.07, 6.45) is 5.14. The van der Waals surface area contributed by atoms with Gasteiger partial charge in [0.1, 0.15) is 11.6 Å². The number of nitrogens with one attached hydrogen (secondary N) is 2. The molecule has 1 spiro atoms. The lowest BCUT2D eigenvalue weighted by molar-refractivity contribution is -0.152. The van der Waals surface area contributed by atoms with E-state index in [2.05, 4.69) is 17.6 Å². The predicted octanol–water partition coefficient (Wildman–Crippen LogP) is 2.38. The standard InChI is InChI=1S/C26H45N3O5/c1-7-11-17(6)28-23(32)21-26-13-12-25(10-4,34-26)19(22(31)27-14-8-2)20(26)24(33)29(21)18(15-30)16(5)9-3/h16-21,30H,7-15H2,1-6H3,(H,27,31)(H,28,32)/t16-,17?,18-,19-,20-,21?,25+,26?/m0/s1. The Kier molecular flexibility index (Phi) is 8.33. The van der Waals surface area contributed by atoms with Crippen molar-refractivity contribution in [3.63, 3.8) is 0 Å². The summed E-state index contributed by atoms with van der Waals surface area (Å²) in [7, 11) is 0. The molecule has 8 atom stereocenters. The molecule has 0 saturated carbocycles. The monoisotopic (exact) mass is 479 g/mol. The number of hydrogen-bond acceptors (Lipinski definition) is 5. The largest absolute Gasteiger partial charge is 0.394 e. The van der Waals surface area contributed by atoms with Crippen LogP contribution in [0.5, 0.6) is 0 Å². The van der Waals surface area contributed by atoms with Gasteiger partial charge in [-0.1, -0.05) is 47.5 Å². The number of likely N-dealkylation sites (tertiary alicyclic amines) is 1. The number of carbonyl (C=O) groups is 3. The molecule has 8 nitrogen and oxygen atoms in total. The molecule has 0 aliphatic carbocycles. The molecule has 3 saturated heterocycles. The van der Waals surface area contributed by atoms with Crippen LogP contribution in [0, 0.1) is 17.8 Å². The quantitative estimate of drug-likeness (QED) is 0.398. The second-order valence-electron chi connectivity index (χ2n) is 10.7. The molecule has 3 heterocycles. The van der Waals surface area contributed by atoms with E-state index in [1.54, 1.807) is 4.90 Å². The van der Waals surface area contributed by atoms with E-state index in [0.717, 1.165) is 25.7 Å². The third-order valence-corrected chi connectivity index (χ3v) is 8.65. The van der Waals surface area contributed by atoms with E-state index in [0.29, 0.717) is 25.8 Å². The summed E-state index contributed by atoms with van der Waals surface area (Å²) in [6.45, 7) is 12.3. The number of aliphatic hydroxyl groups is 1. The SMILES string of the molecule is CCCNC(=O)[C@@H]1[C@H]2C(=O)N([C@@H](CO)[C@@H](C)CC)C(C(=O)NC(C)CCC)C23CC[C@@]1(CC)O3. The maximum absolute atomic E-state index is 14.1. The third kappa shape index (κ3) is 4.15. The molecule has 8 heteroatoms. The number of aliphatic hydroxyl groups excluding tert-OH is 1. The highest BCUT2D eigenvalue weighted by atomic mass is 16.5. The van der Waals surface area contributed by atoms with Crippen molar-refractivity contribution in [3.8, 4) is 0 Å². The number of hydrogen-bond donors (Lipinski definition) is 3. The Morgan fingerprint density at radius 1 is 1.15 bits per heavy atom. The average molecular weight is 480 g/mol. The smallest absolute Gasteiger partial charge is 0.246 e. The van der Waals surface area contributed by atoms with Crippen molar-refractivity contribution in [2.45, 2.75) is 116 Å². The Hall–Kier alpha value is -1.67. The van der Waals surface area contributed by atoms with Crippen LogP contribution in [0.25, 0.3) is 0 Å². The third-order valence-electron chi connectivity index (χ3n) is 8.65. The summed E-state index contributed by atoms with van der Waals surface area (Å²) in [5, 5.41) is 16.5. The van der Waals surface area contributed by atoms with E-state index < -0.39 is 35.1 Å². The molecular formula is C26H45N3O5. The molecule has 3 unspecified atom stereocenters. The Balaban J connectivity index is 2.09. The fraction of sp³-hybridized carbons (Fsp3) is 0.885. The highest BCUT2D eigenvalue weighted by Crippen LogP contribution is 2.64. The number of rotatable bonds is 12. The van der Waals surface area contributed by atoms with Gasteiger partial charge in [-0.05, 0) is 44.9 Å². The molecule has 194 valence electrons. The lowest BCUT2D eigenvalue weighted by atomic mass is 9.65.